The van der Waals surface area contributed by atoms with Crippen molar-refractivity contribution in [3.8, 4) is 0 Å². The fourth-order valence-electron chi connectivity index (χ4n) is 3.75. The van der Waals surface area contributed by atoms with Crippen molar-refractivity contribution in [3.05, 3.63) is 35.9 Å². The average molecular weight is 367 g/mol. The number of nitrogens with zero attached hydrogens (tertiary/aromatic N) is 1. The molecule has 1 atom stereocenters. The van der Waals surface area contributed by atoms with E-state index in [0.29, 0.717) is 18.9 Å². The van der Waals surface area contributed by atoms with E-state index >= 15 is 0 Å². The summed E-state index contributed by atoms with van der Waals surface area (Å²) in [5.74, 6) is 0.990. The molecule has 0 spiro atoms. The van der Waals surface area contributed by atoms with Gasteiger partial charge in [-0.3, -0.25) is 4.79 Å². The molecular formula is C20H31ClN2O2. The molecule has 1 amide bonds. The summed E-state index contributed by atoms with van der Waals surface area (Å²) >= 11 is 0. The van der Waals surface area contributed by atoms with E-state index in [0.717, 1.165) is 45.5 Å². The molecule has 2 fully saturated rings. The molecule has 5 heteroatoms. The lowest BCUT2D eigenvalue weighted by Crippen LogP contribution is -2.37. The van der Waals surface area contributed by atoms with Crippen molar-refractivity contribution in [2.45, 2.75) is 51.2 Å². The third-order valence-electron chi connectivity index (χ3n) is 5.24. The predicted molar refractivity (Wildman–Crippen MR) is 103 cm³/mol. The first-order chi connectivity index (χ1) is 11.8. The Morgan fingerprint density at radius 1 is 1.16 bits per heavy atom. The first kappa shape index (κ1) is 20.2. The van der Waals surface area contributed by atoms with Gasteiger partial charge in [0.1, 0.15) is 0 Å². The van der Waals surface area contributed by atoms with E-state index in [2.05, 4.69) is 17.4 Å². The third-order valence-corrected chi connectivity index (χ3v) is 5.24. The molecule has 0 bridgehead atoms. The van der Waals surface area contributed by atoms with Gasteiger partial charge >= 0.3 is 0 Å². The Balaban J connectivity index is 0.00000225. The summed E-state index contributed by atoms with van der Waals surface area (Å²) in [6.45, 7) is 4.48. The van der Waals surface area contributed by atoms with Crippen LogP contribution in [0.4, 0.5) is 0 Å². The van der Waals surface area contributed by atoms with Crippen LogP contribution < -0.4 is 5.32 Å². The Kier molecular flexibility index (Phi) is 8.73. The van der Waals surface area contributed by atoms with Gasteiger partial charge in [0, 0.05) is 26.1 Å². The van der Waals surface area contributed by atoms with Crippen molar-refractivity contribution < 1.29 is 9.53 Å². The highest BCUT2D eigenvalue weighted by Gasteiger charge is 2.23. The van der Waals surface area contributed by atoms with E-state index in [9.17, 15) is 4.79 Å². The van der Waals surface area contributed by atoms with Crippen molar-refractivity contribution >= 4 is 18.3 Å². The molecule has 2 saturated heterocycles. The number of hydrogen-bond donors (Lipinski definition) is 1. The fourth-order valence-corrected chi connectivity index (χ4v) is 3.75. The Morgan fingerprint density at radius 3 is 2.60 bits per heavy atom. The number of hydrogen-bond acceptors (Lipinski definition) is 3. The van der Waals surface area contributed by atoms with Crippen LogP contribution >= 0.6 is 12.4 Å². The first-order valence-electron chi connectivity index (χ1n) is 9.45. The monoisotopic (exact) mass is 366 g/mol. The Labute approximate surface area is 157 Å². The van der Waals surface area contributed by atoms with Gasteiger partial charge in [0.2, 0.25) is 5.91 Å². The van der Waals surface area contributed by atoms with Crippen LogP contribution in [0.15, 0.2) is 30.3 Å². The quantitative estimate of drug-likeness (QED) is 0.804. The summed E-state index contributed by atoms with van der Waals surface area (Å²) in [4.78, 5) is 14.9. The minimum Gasteiger partial charge on any atom is -0.376 e. The molecule has 25 heavy (non-hydrogen) atoms. The van der Waals surface area contributed by atoms with Crippen LogP contribution in [0.5, 0.6) is 0 Å². The molecule has 1 N–H and O–H groups in total. The summed E-state index contributed by atoms with van der Waals surface area (Å²) in [6.07, 6.45) is 6.52. The highest BCUT2D eigenvalue weighted by atomic mass is 35.5. The van der Waals surface area contributed by atoms with E-state index in [4.69, 9.17) is 4.74 Å². The highest BCUT2D eigenvalue weighted by molar-refractivity contribution is 5.85. The summed E-state index contributed by atoms with van der Waals surface area (Å²) in [5, 5.41) is 3.39. The summed E-state index contributed by atoms with van der Waals surface area (Å²) in [6, 6.07) is 10.3. The molecule has 0 saturated carbocycles. The lowest BCUT2D eigenvalue weighted by molar-refractivity contribution is -0.133. The molecule has 2 heterocycles. The van der Waals surface area contributed by atoms with Gasteiger partial charge in [-0.05, 0) is 56.7 Å². The zero-order chi connectivity index (χ0) is 16.6. The highest BCUT2D eigenvalue weighted by Crippen LogP contribution is 2.20. The Morgan fingerprint density at radius 2 is 1.92 bits per heavy atom. The molecule has 0 aliphatic carbocycles. The zero-order valence-electron chi connectivity index (χ0n) is 15.0. The lowest BCUT2D eigenvalue weighted by Gasteiger charge is -2.27. The van der Waals surface area contributed by atoms with Crippen LogP contribution in [0.2, 0.25) is 0 Å². The van der Waals surface area contributed by atoms with Crippen LogP contribution in [0, 0.1) is 5.92 Å². The minimum atomic E-state index is 0. The van der Waals surface area contributed by atoms with Crippen LogP contribution in [0.3, 0.4) is 0 Å². The number of ether oxygens (including phenoxy) is 1. The molecule has 0 radical (unpaired) electrons. The number of piperidine rings is 1. The van der Waals surface area contributed by atoms with Gasteiger partial charge in [-0.25, -0.2) is 0 Å². The van der Waals surface area contributed by atoms with Crippen molar-refractivity contribution in [2.75, 3.05) is 26.2 Å². The molecule has 2 aliphatic rings. The summed E-state index contributed by atoms with van der Waals surface area (Å²) in [5.41, 5.74) is 1.20. The van der Waals surface area contributed by atoms with Gasteiger partial charge in [0.15, 0.2) is 0 Å². The number of carbonyl (C=O) groups is 1. The maximum absolute atomic E-state index is 12.8. The average Bonchev–Trinajstić information content (AvgIpc) is 3.14. The molecule has 1 unspecified atom stereocenters. The number of halogens is 1. The molecule has 0 aromatic heterocycles. The van der Waals surface area contributed by atoms with Crippen LogP contribution in [0.25, 0.3) is 0 Å². The Hall–Kier alpha value is -1.10. The molecular weight excluding hydrogens is 336 g/mol. The second kappa shape index (κ2) is 10.8. The van der Waals surface area contributed by atoms with Gasteiger partial charge in [0.05, 0.1) is 6.10 Å². The summed E-state index contributed by atoms with van der Waals surface area (Å²) < 4.78 is 5.76. The standard InChI is InChI=1S/C20H30N2O2.ClH/c23-20(9-8-17-10-12-21-13-11-17)22(16-19-7-4-14-24-19)15-18-5-2-1-3-6-18;/h1-3,5-6,17,19,21H,4,7-16H2;1H. The summed E-state index contributed by atoms with van der Waals surface area (Å²) in [7, 11) is 0. The van der Waals surface area contributed by atoms with Crippen molar-refractivity contribution in [1.29, 1.82) is 0 Å². The van der Waals surface area contributed by atoms with Crippen LogP contribution in [0.1, 0.15) is 44.1 Å². The van der Waals surface area contributed by atoms with Gasteiger partial charge in [0.25, 0.3) is 0 Å². The fraction of sp³-hybridized carbons (Fsp3) is 0.650. The smallest absolute Gasteiger partial charge is 0.222 e. The van der Waals surface area contributed by atoms with Crippen molar-refractivity contribution in [3.63, 3.8) is 0 Å². The van der Waals surface area contributed by atoms with E-state index in [1.54, 1.807) is 0 Å². The van der Waals surface area contributed by atoms with E-state index in [1.807, 2.05) is 23.1 Å². The van der Waals surface area contributed by atoms with Gasteiger partial charge in [-0.2, -0.15) is 0 Å². The van der Waals surface area contributed by atoms with Crippen molar-refractivity contribution in [1.82, 2.24) is 10.2 Å². The molecule has 1 aromatic carbocycles. The maximum atomic E-state index is 12.8. The molecule has 2 aliphatic heterocycles. The topological polar surface area (TPSA) is 41.6 Å². The number of carbonyl (C=O) groups excluding carboxylic acids is 1. The largest absolute Gasteiger partial charge is 0.376 e. The zero-order valence-corrected chi connectivity index (χ0v) is 15.8. The van der Waals surface area contributed by atoms with Gasteiger partial charge in [-0.1, -0.05) is 30.3 Å². The molecule has 3 rings (SSSR count). The number of amides is 1. The normalized spacial score (nSPS) is 20.9. The van der Waals surface area contributed by atoms with Crippen LogP contribution in [-0.4, -0.2) is 43.2 Å². The second-order valence-electron chi connectivity index (χ2n) is 7.13. The predicted octanol–water partition coefficient (Wildman–Crippen LogP) is 3.40. The van der Waals surface area contributed by atoms with Crippen molar-refractivity contribution in [2.24, 2.45) is 5.92 Å². The third kappa shape index (κ3) is 6.61. The SMILES string of the molecule is Cl.O=C(CCC1CCNCC1)N(Cc1ccccc1)CC1CCCO1. The first-order valence-corrected chi connectivity index (χ1v) is 9.45. The maximum Gasteiger partial charge on any atom is 0.222 e. The van der Waals surface area contributed by atoms with E-state index in [-0.39, 0.29) is 24.4 Å². The number of nitrogens with one attached hydrogen (secondary N) is 1. The van der Waals surface area contributed by atoms with Crippen LogP contribution in [-0.2, 0) is 16.1 Å². The molecule has 4 nitrogen and oxygen atoms in total. The van der Waals surface area contributed by atoms with Gasteiger partial charge in [-0.15, -0.1) is 12.4 Å². The number of benzene rings is 1. The molecule has 140 valence electrons. The molecule has 1 aromatic rings. The lowest BCUT2D eigenvalue weighted by atomic mass is 9.93. The van der Waals surface area contributed by atoms with Gasteiger partial charge < -0.3 is 15.0 Å². The Bertz CT molecular complexity index is 500. The number of rotatable bonds is 7. The second-order valence-corrected chi connectivity index (χ2v) is 7.13. The van der Waals surface area contributed by atoms with E-state index < -0.39 is 0 Å². The minimum absolute atomic E-state index is 0. The van der Waals surface area contributed by atoms with E-state index in [1.165, 1.54) is 18.4 Å².